The highest BCUT2D eigenvalue weighted by Crippen LogP contribution is 2.32. The molecule has 0 fully saturated rings. The summed E-state index contributed by atoms with van der Waals surface area (Å²) in [5, 5.41) is 0.369. The molecule has 112 valence electrons. The van der Waals surface area contributed by atoms with Gasteiger partial charge in [0.2, 0.25) is 0 Å². The van der Waals surface area contributed by atoms with Crippen molar-refractivity contribution in [3.63, 3.8) is 0 Å². The van der Waals surface area contributed by atoms with Crippen LogP contribution in [0.2, 0.25) is 0 Å². The van der Waals surface area contributed by atoms with Gasteiger partial charge in [-0.1, -0.05) is 34.1 Å². The summed E-state index contributed by atoms with van der Waals surface area (Å²) < 4.78 is 42.1. The molecule has 0 radical (unpaired) electrons. The van der Waals surface area contributed by atoms with Gasteiger partial charge >= 0.3 is 0 Å². The Kier molecular flexibility index (Phi) is 4.93. The van der Waals surface area contributed by atoms with E-state index in [-0.39, 0.29) is 5.69 Å². The first-order chi connectivity index (χ1) is 9.95. The number of alkyl halides is 1. The smallest absolute Gasteiger partial charge is 0.149 e. The van der Waals surface area contributed by atoms with Gasteiger partial charge in [-0.2, -0.15) is 0 Å². The molecule has 0 aliphatic carbocycles. The van der Waals surface area contributed by atoms with E-state index in [4.69, 9.17) is 0 Å². The second kappa shape index (κ2) is 6.52. The van der Waals surface area contributed by atoms with E-state index in [1.807, 2.05) is 0 Å². The van der Waals surface area contributed by atoms with Crippen molar-refractivity contribution in [2.75, 3.05) is 11.9 Å². The van der Waals surface area contributed by atoms with E-state index < -0.39 is 23.5 Å². The van der Waals surface area contributed by atoms with Crippen LogP contribution in [0.4, 0.5) is 18.9 Å². The van der Waals surface area contributed by atoms with Gasteiger partial charge in [0.1, 0.15) is 23.1 Å². The SMILES string of the molecule is CC(c1ccccc1F)N(C)c1c(F)cc(CBr)cc1F. The van der Waals surface area contributed by atoms with E-state index >= 15 is 0 Å². The van der Waals surface area contributed by atoms with Crippen LogP contribution in [0.15, 0.2) is 36.4 Å². The van der Waals surface area contributed by atoms with Crippen molar-refractivity contribution < 1.29 is 13.2 Å². The Bertz CT molecular complexity index is 622. The third kappa shape index (κ3) is 3.23. The maximum Gasteiger partial charge on any atom is 0.149 e. The fraction of sp³-hybridized carbons (Fsp3) is 0.250. The molecular weight excluding hydrogens is 343 g/mol. The molecule has 1 atom stereocenters. The average molecular weight is 358 g/mol. The van der Waals surface area contributed by atoms with Crippen molar-refractivity contribution >= 4 is 21.6 Å². The third-order valence-electron chi connectivity index (χ3n) is 3.52. The number of hydrogen-bond acceptors (Lipinski definition) is 1. The zero-order chi connectivity index (χ0) is 15.6. The highest BCUT2D eigenvalue weighted by molar-refractivity contribution is 9.08. The first-order valence-electron chi connectivity index (χ1n) is 6.46. The molecule has 1 unspecified atom stereocenters. The number of nitrogens with zero attached hydrogens (tertiary/aromatic N) is 1. The summed E-state index contributed by atoms with van der Waals surface area (Å²) in [5.41, 5.74) is 0.750. The molecule has 2 aromatic carbocycles. The van der Waals surface area contributed by atoms with Crippen molar-refractivity contribution in [1.29, 1.82) is 0 Å². The number of rotatable bonds is 4. The van der Waals surface area contributed by atoms with Crippen LogP contribution in [0.5, 0.6) is 0 Å². The Balaban J connectivity index is 2.40. The first kappa shape index (κ1) is 15.9. The molecule has 2 rings (SSSR count). The summed E-state index contributed by atoms with van der Waals surface area (Å²) in [6, 6.07) is 8.28. The largest absolute Gasteiger partial charge is 0.363 e. The van der Waals surface area contributed by atoms with Gasteiger partial charge in [0.15, 0.2) is 0 Å². The molecule has 5 heteroatoms. The fourth-order valence-corrected chi connectivity index (χ4v) is 2.57. The number of anilines is 1. The molecule has 1 nitrogen and oxygen atoms in total. The highest BCUT2D eigenvalue weighted by atomic mass is 79.9. The van der Waals surface area contributed by atoms with E-state index in [0.717, 1.165) is 0 Å². The standard InChI is InChI=1S/C16H15BrF3N/c1-10(12-5-3-4-6-13(12)18)21(2)16-14(19)7-11(9-17)8-15(16)20/h3-8,10H,9H2,1-2H3. The maximum atomic E-state index is 14.1. The summed E-state index contributed by atoms with van der Waals surface area (Å²) in [6.45, 7) is 1.70. The second-order valence-electron chi connectivity index (χ2n) is 4.85. The van der Waals surface area contributed by atoms with Gasteiger partial charge in [-0.15, -0.1) is 0 Å². The molecule has 0 bridgehead atoms. The Morgan fingerprint density at radius 3 is 2.14 bits per heavy atom. The van der Waals surface area contributed by atoms with Gasteiger partial charge in [-0.3, -0.25) is 0 Å². The molecule has 21 heavy (non-hydrogen) atoms. The van der Waals surface area contributed by atoms with Gasteiger partial charge in [0, 0.05) is 17.9 Å². The highest BCUT2D eigenvalue weighted by Gasteiger charge is 2.22. The van der Waals surface area contributed by atoms with Crippen molar-refractivity contribution in [2.24, 2.45) is 0 Å². The predicted octanol–water partition coefficient (Wildman–Crippen LogP) is 5.20. The van der Waals surface area contributed by atoms with E-state index in [1.165, 1.54) is 23.1 Å². The van der Waals surface area contributed by atoms with Crippen molar-refractivity contribution in [2.45, 2.75) is 18.3 Å². The van der Waals surface area contributed by atoms with Crippen LogP contribution in [-0.4, -0.2) is 7.05 Å². The lowest BCUT2D eigenvalue weighted by Gasteiger charge is -2.28. The normalized spacial score (nSPS) is 12.3. The Hall–Kier alpha value is -1.49. The topological polar surface area (TPSA) is 3.24 Å². The molecule has 0 aromatic heterocycles. The maximum absolute atomic E-state index is 14.1. The lowest BCUT2D eigenvalue weighted by molar-refractivity contribution is 0.550. The van der Waals surface area contributed by atoms with Gasteiger partial charge in [0.05, 0.1) is 6.04 Å². The fourth-order valence-electron chi connectivity index (χ4n) is 2.25. The molecule has 0 saturated heterocycles. The van der Waals surface area contributed by atoms with Gasteiger partial charge in [-0.25, -0.2) is 13.2 Å². The Morgan fingerprint density at radius 2 is 1.62 bits per heavy atom. The summed E-state index contributed by atoms with van der Waals surface area (Å²) in [5.74, 6) is -1.71. The summed E-state index contributed by atoms with van der Waals surface area (Å²) in [4.78, 5) is 1.40. The summed E-state index contributed by atoms with van der Waals surface area (Å²) >= 11 is 3.17. The lowest BCUT2D eigenvalue weighted by Crippen LogP contribution is -2.24. The first-order valence-corrected chi connectivity index (χ1v) is 7.59. The van der Waals surface area contributed by atoms with Crippen LogP contribution < -0.4 is 4.90 Å². The summed E-state index contributed by atoms with van der Waals surface area (Å²) in [6.07, 6.45) is 0. The minimum absolute atomic E-state index is 0.157. The van der Waals surface area contributed by atoms with E-state index in [0.29, 0.717) is 16.5 Å². The monoisotopic (exact) mass is 357 g/mol. The quantitative estimate of drug-likeness (QED) is 0.680. The van der Waals surface area contributed by atoms with Crippen LogP contribution in [0.1, 0.15) is 24.1 Å². The molecule has 0 amide bonds. The lowest BCUT2D eigenvalue weighted by atomic mass is 10.1. The van der Waals surface area contributed by atoms with Crippen LogP contribution >= 0.6 is 15.9 Å². The molecule has 0 aliphatic heterocycles. The molecule has 0 aliphatic rings. The molecule has 0 spiro atoms. The minimum atomic E-state index is -0.657. The minimum Gasteiger partial charge on any atom is -0.363 e. The molecule has 0 N–H and O–H groups in total. The van der Waals surface area contributed by atoms with Crippen LogP contribution in [-0.2, 0) is 5.33 Å². The van der Waals surface area contributed by atoms with Crippen LogP contribution in [0.25, 0.3) is 0 Å². The Labute approximate surface area is 130 Å². The van der Waals surface area contributed by atoms with Crippen LogP contribution in [0.3, 0.4) is 0 Å². The zero-order valence-electron chi connectivity index (χ0n) is 11.7. The van der Waals surface area contributed by atoms with Crippen LogP contribution in [0, 0.1) is 17.5 Å². The second-order valence-corrected chi connectivity index (χ2v) is 5.41. The molecular formula is C16H15BrF3N. The third-order valence-corrected chi connectivity index (χ3v) is 4.17. The van der Waals surface area contributed by atoms with Crippen molar-refractivity contribution in [3.05, 3.63) is 65.0 Å². The van der Waals surface area contributed by atoms with Crippen molar-refractivity contribution in [1.82, 2.24) is 0 Å². The number of halogens is 4. The molecule has 0 saturated carbocycles. The summed E-state index contributed by atoms with van der Waals surface area (Å²) in [7, 11) is 1.55. The zero-order valence-corrected chi connectivity index (χ0v) is 13.3. The van der Waals surface area contributed by atoms with Gasteiger partial charge in [0.25, 0.3) is 0 Å². The molecule has 2 aromatic rings. The number of benzene rings is 2. The van der Waals surface area contributed by atoms with Gasteiger partial charge in [-0.05, 0) is 30.7 Å². The van der Waals surface area contributed by atoms with Crippen molar-refractivity contribution in [3.8, 4) is 0 Å². The molecule has 0 heterocycles. The number of hydrogen-bond donors (Lipinski definition) is 0. The van der Waals surface area contributed by atoms with Gasteiger partial charge < -0.3 is 4.90 Å². The average Bonchev–Trinajstić information content (AvgIpc) is 2.46. The Morgan fingerprint density at radius 1 is 1.05 bits per heavy atom. The van der Waals surface area contributed by atoms with E-state index in [2.05, 4.69) is 15.9 Å². The van der Waals surface area contributed by atoms with E-state index in [1.54, 1.807) is 32.2 Å². The van der Waals surface area contributed by atoms with E-state index in [9.17, 15) is 13.2 Å². The predicted molar refractivity (Wildman–Crippen MR) is 82.2 cm³/mol.